The summed E-state index contributed by atoms with van der Waals surface area (Å²) in [4.78, 5) is 26.8. The van der Waals surface area contributed by atoms with Crippen LogP contribution in [0.1, 0.15) is 99.8 Å². The number of carbonyl (C=O) groups is 2. The van der Waals surface area contributed by atoms with Gasteiger partial charge in [0.05, 0.1) is 11.5 Å². The van der Waals surface area contributed by atoms with E-state index in [0.717, 1.165) is 38.5 Å². The van der Waals surface area contributed by atoms with Crippen LogP contribution < -0.4 is 5.73 Å². The third-order valence-corrected chi connectivity index (χ3v) is 12.9. The first-order chi connectivity index (χ1) is 17.1. The molecule has 5 nitrogen and oxygen atoms in total. The molecule has 3 saturated carbocycles. The highest BCUT2D eigenvalue weighted by Gasteiger charge is 2.67. The van der Waals surface area contributed by atoms with Crippen LogP contribution in [0.2, 0.25) is 0 Å². The molecule has 0 radical (unpaired) electrons. The molecule has 5 rings (SSSR count). The lowest BCUT2D eigenvalue weighted by Crippen LogP contribution is -2.63. The largest absolute Gasteiger partial charge is 0.464 e. The lowest BCUT2D eigenvalue weighted by molar-refractivity contribution is -0.182. The van der Waals surface area contributed by atoms with Gasteiger partial charge in [-0.1, -0.05) is 52.3 Å². The smallest absolute Gasteiger partial charge is 0.312 e. The van der Waals surface area contributed by atoms with Gasteiger partial charge in [0.25, 0.3) is 0 Å². The maximum atomic E-state index is 13.7. The molecule has 0 bridgehead atoms. The number of rotatable bonds is 3. The van der Waals surface area contributed by atoms with Crippen LogP contribution in [0.3, 0.4) is 0 Å². The van der Waals surface area contributed by atoms with E-state index < -0.39 is 10.8 Å². The van der Waals surface area contributed by atoms with Crippen LogP contribution in [0.5, 0.6) is 0 Å². The first kappa shape index (κ1) is 27.1. The molecule has 3 N–H and O–H groups in total. The molecule has 5 aliphatic carbocycles. The average molecular weight is 512 g/mol. The van der Waals surface area contributed by atoms with E-state index in [1.807, 2.05) is 6.92 Å². The minimum atomic E-state index is -0.842. The Kier molecular flexibility index (Phi) is 6.06. The van der Waals surface area contributed by atoms with E-state index in [0.29, 0.717) is 18.3 Å². The summed E-state index contributed by atoms with van der Waals surface area (Å²) < 4.78 is 5.48. The molecule has 0 aromatic rings. The zero-order chi connectivity index (χ0) is 27.2. The number of carbonyl (C=O) groups excluding carboxylic acids is 2. The predicted molar refractivity (Wildman–Crippen MR) is 145 cm³/mol. The lowest BCUT2D eigenvalue weighted by Gasteiger charge is -2.69. The van der Waals surface area contributed by atoms with Crippen molar-refractivity contribution in [2.45, 2.75) is 106 Å². The molecule has 0 aliphatic heterocycles. The number of esters is 1. The Labute approximate surface area is 223 Å². The topological polar surface area (TPSA) is 89.6 Å². The van der Waals surface area contributed by atoms with Crippen LogP contribution in [0.15, 0.2) is 23.3 Å². The maximum Gasteiger partial charge on any atom is 0.312 e. The quantitative estimate of drug-likeness (QED) is 0.471. The third-order valence-electron chi connectivity index (χ3n) is 12.9. The second kappa shape index (κ2) is 8.27. The molecule has 0 aromatic heterocycles. The second-order valence-electron chi connectivity index (χ2n) is 15.0. The number of aliphatic hydroxyl groups excluding tert-OH is 1. The van der Waals surface area contributed by atoms with Crippen LogP contribution in [0, 0.1) is 44.3 Å². The molecule has 0 heterocycles. The molecule has 0 unspecified atom stereocenters. The van der Waals surface area contributed by atoms with Gasteiger partial charge < -0.3 is 15.6 Å². The first-order valence-corrected chi connectivity index (χ1v) is 14.6. The summed E-state index contributed by atoms with van der Waals surface area (Å²) >= 11 is 0. The summed E-state index contributed by atoms with van der Waals surface area (Å²) in [5.74, 6) is 0.780. The molecule has 206 valence electrons. The molecule has 0 amide bonds. The zero-order valence-corrected chi connectivity index (χ0v) is 24.2. The summed E-state index contributed by atoms with van der Waals surface area (Å²) in [6, 6.07) is 0. The Morgan fingerprint density at radius 3 is 2.41 bits per heavy atom. The van der Waals surface area contributed by atoms with Crippen LogP contribution in [-0.2, 0) is 14.3 Å². The normalized spacial score (nSPS) is 48.5. The SMILES string of the molecule is CC1(C)[C@H](O)CC[C@]2(C)[C@H]3C=CC4=C5C[C@](C)(C(=O)OCCN)CC(=O)[C@]5(C)CC[C@]4(C)[C@]3(C)CC[C@@H]12. The number of Topliss-reactive ketones (excluding diaryl/α,β-unsaturated/α-hetero) is 1. The van der Waals surface area contributed by atoms with Crippen LogP contribution >= 0.6 is 0 Å². The Morgan fingerprint density at radius 1 is 1.03 bits per heavy atom. The van der Waals surface area contributed by atoms with Crippen molar-refractivity contribution in [3.05, 3.63) is 23.3 Å². The standard InChI is InChI=1S/C32H49NO4/c1-27(2)22-10-13-32(7)23(30(22,5)12-11-24(27)34)9-8-20-21-18-28(3,26(36)37-17-16-33)19-25(35)29(21,4)14-15-31(20,32)6/h8-9,22-24,34H,10-19,33H2,1-7H3/t22-,23+,24+,28-,29+,30-,31-,32+/m0/s1. The molecule has 0 spiro atoms. The fraction of sp³-hybridized carbons (Fsp3) is 0.812. The minimum Gasteiger partial charge on any atom is -0.464 e. The van der Waals surface area contributed by atoms with Crippen molar-refractivity contribution in [1.29, 1.82) is 0 Å². The number of aliphatic hydroxyl groups is 1. The summed E-state index contributed by atoms with van der Waals surface area (Å²) in [5, 5.41) is 10.9. The summed E-state index contributed by atoms with van der Waals surface area (Å²) in [7, 11) is 0. The van der Waals surface area contributed by atoms with Gasteiger partial charge in [0.15, 0.2) is 0 Å². The van der Waals surface area contributed by atoms with Crippen molar-refractivity contribution in [3.63, 3.8) is 0 Å². The zero-order valence-electron chi connectivity index (χ0n) is 24.2. The number of fused-ring (bicyclic) bond motifs is 6. The van der Waals surface area contributed by atoms with E-state index in [2.05, 4.69) is 53.7 Å². The van der Waals surface area contributed by atoms with Gasteiger partial charge >= 0.3 is 5.97 Å². The van der Waals surface area contributed by atoms with E-state index in [4.69, 9.17) is 10.5 Å². The number of allylic oxidation sites excluding steroid dienone is 4. The fourth-order valence-electron chi connectivity index (χ4n) is 10.1. The summed E-state index contributed by atoms with van der Waals surface area (Å²) in [6.07, 6.45) is 11.4. The number of hydrogen-bond donors (Lipinski definition) is 2. The van der Waals surface area contributed by atoms with Gasteiger partial charge in [0.1, 0.15) is 12.4 Å². The summed E-state index contributed by atoms with van der Waals surface area (Å²) in [5.41, 5.74) is 6.77. The monoisotopic (exact) mass is 511 g/mol. The molecular formula is C32H49NO4. The van der Waals surface area contributed by atoms with E-state index >= 15 is 0 Å². The van der Waals surface area contributed by atoms with Crippen molar-refractivity contribution in [1.82, 2.24) is 0 Å². The van der Waals surface area contributed by atoms with Gasteiger partial charge in [0.2, 0.25) is 0 Å². The molecule has 5 aliphatic rings. The summed E-state index contributed by atoms with van der Waals surface area (Å²) in [6.45, 7) is 16.5. The van der Waals surface area contributed by atoms with Gasteiger partial charge in [-0.2, -0.15) is 0 Å². The Hall–Kier alpha value is -1.46. The first-order valence-electron chi connectivity index (χ1n) is 14.6. The molecule has 5 heteroatoms. The van der Waals surface area contributed by atoms with E-state index in [9.17, 15) is 14.7 Å². The van der Waals surface area contributed by atoms with E-state index in [1.165, 1.54) is 11.1 Å². The maximum absolute atomic E-state index is 13.7. The highest BCUT2D eigenvalue weighted by molar-refractivity contribution is 5.95. The Bertz CT molecular complexity index is 1070. The van der Waals surface area contributed by atoms with Gasteiger partial charge in [-0.15, -0.1) is 0 Å². The van der Waals surface area contributed by atoms with E-state index in [1.54, 1.807) is 0 Å². The Balaban J connectivity index is 1.62. The molecule has 37 heavy (non-hydrogen) atoms. The average Bonchev–Trinajstić information content (AvgIpc) is 2.82. The number of hydrogen-bond acceptors (Lipinski definition) is 5. The molecular weight excluding hydrogens is 462 g/mol. The molecule has 0 aromatic carbocycles. The lowest BCUT2D eigenvalue weighted by atomic mass is 9.35. The van der Waals surface area contributed by atoms with Gasteiger partial charge in [-0.05, 0) is 97.9 Å². The van der Waals surface area contributed by atoms with Crippen molar-refractivity contribution in [3.8, 4) is 0 Å². The highest BCUT2D eigenvalue weighted by Crippen LogP contribution is 2.73. The minimum absolute atomic E-state index is 0.0604. The number of ketones is 1. The molecule has 8 atom stereocenters. The van der Waals surface area contributed by atoms with Crippen molar-refractivity contribution < 1.29 is 19.4 Å². The van der Waals surface area contributed by atoms with Crippen LogP contribution in [0.25, 0.3) is 0 Å². The highest BCUT2D eigenvalue weighted by atomic mass is 16.5. The fourth-order valence-corrected chi connectivity index (χ4v) is 10.1. The number of ether oxygens (including phenoxy) is 1. The van der Waals surface area contributed by atoms with Crippen LogP contribution in [-0.4, -0.2) is 36.1 Å². The van der Waals surface area contributed by atoms with Gasteiger partial charge in [0, 0.05) is 18.4 Å². The van der Waals surface area contributed by atoms with Gasteiger partial charge in [-0.3, -0.25) is 9.59 Å². The van der Waals surface area contributed by atoms with Crippen molar-refractivity contribution in [2.75, 3.05) is 13.2 Å². The van der Waals surface area contributed by atoms with Gasteiger partial charge in [-0.25, -0.2) is 0 Å². The van der Waals surface area contributed by atoms with Crippen LogP contribution in [0.4, 0.5) is 0 Å². The second-order valence-corrected chi connectivity index (χ2v) is 15.0. The number of nitrogens with two attached hydrogens (primary N) is 1. The predicted octanol–water partition coefficient (Wildman–Crippen LogP) is 5.75. The molecule has 3 fully saturated rings. The van der Waals surface area contributed by atoms with Crippen molar-refractivity contribution in [2.24, 2.45) is 50.1 Å². The molecule has 0 saturated heterocycles. The third kappa shape index (κ3) is 3.41. The van der Waals surface area contributed by atoms with Crippen molar-refractivity contribution >= 4 is 11.8 Å². The van der Waals surface area contributed by atoms with E-state index in [-0.39, 0.29) is 59.1 Å². The Morgan fingerprint density at radius 2 is 1.73 bits per heavy atom.